The maximum atomic E-state index is 14.0. The molecule has 0 spiro atoms. The third-order valence-corrected chi connectivity index (χ3v) is 9.96. The van der Waals surface area contributed by atoms with Gasteiger partial charge in [-0.1, -0.05) is 60.7 Å². The van der Waals surface area contributed by atoms with Gasteiger partial charge in [0.25, 0.3) is 5.97 Å². The summed E-state index contributed by atoms with van der Waals surface area (Å²) in [5.41, 5.74) is 0.840. The van der Waals surface area contributed by atoms with Crippen molar-refractivity contribution in [3.05, 3.63) is 78.4 Å². The number of nitrogens with one attached hydrogen (secondary N) is 3. The molecule has 2 atom stereocenters. The molecule has 6 N–H and O–H groups in total. The average Bonchev–Trinajstić information content (AvgIpc) is 3.97. The number of ether oxygens (including phenoxy) is 1. The van der Waals surface area contributed by atoms with Crippen molar-refractivity contribution in [3.63, 3.8) is 0 Å². The molecule has 1 saturated carbocycles. The van der Waals surface area contributed by atoms with Crippen molar-refractivity contribution < 1.29 is 37.4 Å². The fourth-order valence-corrected chi connectivity index (χ4v) is 7.08. The van der Waals surface area contributed by atoms with Crippen molar-refractivity contribution in [1.82, 2.24) is 25.2 Å². The van der Waals surface area contributed by atoms with E-state index >= 15 is 0 Å². The van der Waals surface area contributed by atoms with E-state index in [1.165, 1.54) is 6.07 Å². The first-order valence-electron chi connectivity index (χ1n) is 17.1. The smallest absolute Gasteiger partial charge is 0.407 e. The summed E-state index contributed by atoms with van der Waals surface area (Å²) < 4.78 is 35.1. The number of piperidine rings is 1. The highest BCUT2D eigenvalue weighted by atomic mass is 32.2. The van der Waals surface area contributed by atoms with Crippen LogP contribution >= 0.6 is 0 Å². The van der Waals surface area contributed by atoms with Crippen LogP contribution in [-0.2, 0) is 35.8 Å². The van der Waals surface area contributed by atoms with Crippen molar-refractivity contribution in [1.29, 1.82) is 0 Å². The van der Waals surface area contributed by atoms with Gasteiger partial charge in [0.15, 0.2) is 0 Å². The number of hydrazone groups is 1. The van der Waals surface area contributed by atoms with E-state index in [9.17, 15) is 22.8 Å². The van der Waals surface area contributed by atoms with Gasteiger partial charge in [-0.25, -0.2) is 13.2 Å². The molecule has 5 rings (SSSR count). The van der Waals surface area contributed by atoms with Gasteiger partial charge in [0, 0.05) is 45.7 Å². The van der Waals surface area contributed by atoms with E-state index in [0.29, 0.717) is 13.1 Å². The molecule has 280 valence electrons. The lowest BCUT2D eigenvalue weighted by Crippen LogP contribution is -2.52. The first kappa shape index (κ1) is 39.6. The number of aliphatic carboxylic acids is 1. The summed E-state index contributed by atoms with van der Waals surface area (Å²) in [6.45, 7) is 3.28. The quantitative estimate of drug-likeness (QED) is 0.0666. The van der Waals surface area contributed by atoms with Crippen molar-refractivity contribution in [2.24, 2.45) is 16.9 Å². The predicted octanol–water partition coefficient (Wildman–Crippen LogP) is 2.62. The summed E-state index contributed by atoms with van der Waals surface area (Å²) in [5, 5.41) is 18.2. The number of fused-ring (bicyclic) bond motifs is 1. The number of nitrogens with two attached hydrogens (primary N) is 1. The Labute approximate surface area is 303 Å². The zero-order valence-electron chi connectivity index (χ0n) is 29.1. The normalized spacial score (nSPS) is 16.3. The minimum Gasteiger partial charge on any atom is -0.481 e. The van der Waals surface area contributed by atoms with E-state index in [0.717, 1.165) is 55.5 Å². The van der Waals surface area contributed by atoms with E-state index in [4.69, 9.17) is 20.5 Å². The number of benzene rings is 3. The van der Waals surface area contributed by atoms with Gasteiger partial charge in [0.1, 0.15) is 19.0 Å². The number of nitrogens with zero attached hydrogens (tertiary/aromatic N) is 3. The predicted molar refractivity (Wildman–Crippen MR) is 195 cm³/mol. The Balaban J connectivity index is 0.00000144. The number of hydrogen-bond donors (Lipinski definition) is 5. The molecule has 3 amide bonds. The van der Waals surface area contributed by atoms with Crippen molar-refractivity contribution in [2.75, 3.05) is 32.7 Å². The third-order valence-electron chi connectivity index (χ3n) is 8.49. The molecule has 2 fully saturated rings. The van der Waals surface area contributed by atoms with Crippen LogP contribution in [0.3, 0.4) is 0 Å². The lowest BCUT2D eigenvalue weighted by Gasteiger charge is -2.31. The van der Waals surface area contributed by atoms with E-state index in [2.05, 4.69) is 20.5 Å². The largest absolute Gasteiger partial charge is 0.481 e. The molecule has 0 radical (unpaired) electrons. The van der Waals surface area contributed by atoms with Crippen LogP contribution in [0.4, 0.5) is 4.79 Å². The second kappa shape index (κ2) is 19.4. The maximum absolute atomic E-state index is 14.0. The van der Waals surface area contributed by atoms with Gasteiger partial charge < -0.3 is 36.1 Å². The van der Waals surface area contributed by atoms with Crippen LogP contribution in [0.2, 0.25) is 0 Å². The highest BCUT2D eigenvalue weighted by molar-refractivity contribution is 7.89. The number of alkyl carbamates (subject to hydrolysis) is 1. The van der Waals surface area contributed by atoms with Crippen LogP contribution in [0.1, 0.15) is 44.6 Å². The zero-order chi connectivity index (χ0) is 37.5. The van der Waals surface area contributed by atoms with Gasteiger partial charge in [-0.05, 0) is 60.1 Å². The maximum Gasteiger partial charge on any atom is 0.407 e. The third kappa shape index (κ3) is 12.8. The number of rotatable bonds is 15. The number of sulfonamides is 1. The Morgan fingerprint density at radius 1 is 1.02 bits per heavy atom. The van der Waals surface area contributed by atoms with Gasteiger partial charge >= 0.3 is 6.09 Å². The van der Waals surface area contributed by atoms with Crippen molar-refractivity contribution in [3.8, 4) is 0 Å². The van der Waals surface area contributed by atoms with Gasteiger partial charge in [0.2, 0.25) is 21.8 Å². The second-order valence-corrected chi connectivity index (χ2v) is 14.4. The molecule has 52 heavy (non-hydrogen) atoms. The number of carboxylic acids is 1. The number of likely N-dealkylation sites (tertiary alicyclic amines) is 1. The highest BCUT2D eigenvalue weighted by Gasteiger charge is 2.38. The monoisotopic (exact) mass is 737 g/mol. The van der Waals surface area contributed by atoms with E-state index in [1.54, 1.807) is 23.4 Å². The molecule has 16 heteroatoms. The van der Waals surface area contributed by atoms with Crippen LogP contribution in [0.25, 0.3) is 10.8 Å². The summed E-state index contributed by atoms with van der Waals surface area (Å²) in [6, 6.07) is 19.9. The fraction of sp³-hybridized carbons (Fsp3) is 0.417. The SMILES string of the molecule is CC(=O)O.NN=CN1CCC[C@@H](CNC(=O)C[C@H](NS(=O)(=O)c2ccc3ccccc3c2)C(=O)N(CCNC(=O)OCc2ccccc2)C2CC2)C1. The Morgan fingerprint density at radius 3 is 2.40 bits per heavy atom. The summed E-state index contributed by atoms with van der Waals surface area (Å²) in [6.07, 6.45) is 3.87. The van der Waals surface area contributed by atoms with Crippen LogP contribution < -0.4 is 21.2 Å². The highest BCUT2D eigenvalue weighted by Crippen LogP contribution is 2.28. The van der Waals surface area contributed by atoms with Gasteiger partial charge in [-0.3, -0.25) is 14.4 Å². The molecule has 0 bridgehead atoms. The topological polar surface area (TPSA) is 213 Å². The molecule has 0 unspecified atom stereocenters. The minimum absolute atomic E-state index is 0.0101. The molecule has 15 nitrogen and oxygen atoms in total. The van der Waals surface area contributed by atoms with Gasteiger partial charge in [0.05, 0.1) is 11.3 Å². The molecule has 3 aromatic rings. The number of carbonyl (C=O) groups excluding carboxylic acids is 3. The first-order valence-corrected chi connectivity index (χ1v) is 18.6. The molecular formula is C36H47N7O8S. The molecule has 1 aliphatic carbocycles. The average molecular weight is 738 g/mol. The fourth-order valence-electron chi connectivity index (χ4n) is 5.86. The second-order valence-electron chi connectivity index (χ2n) is 12.7. The molecule has 1 heterocycles. The lowest BCUT2D eigenvalue weighted by atomic mass is 9.98. The Bertz CT molecular complexity index is 1800. The number of amides is 3. The van der Waals surface area contributed by atoms with Crippen LogP contribution in [0.15, 0.2) is 82.8 Å². The Hall–Kier alpha value is -5.22. The Morgan fingerprint density at radius 2 is 1.71 bits per heavy atom. The number of carbonyl (C=O) groups is 4. The first-order chi connectivity index (χ1) is 24.9. The molecule has 1 saturated heterocycles. The van der Waals surface area contributed by atoms with E-state index in [-0.39, 0.29) is 43.0 Å². The van der Waals surface area contributed by atoms with E-state index in [1.807, 2.05) is 59.5 Å². The van der Waals surface area contributed by atoms with Crippen molar-refractivity contribution >= 4 is 51.0 Å². The standard InChI is InChI=1S/C34H43N7O6S.C2H4O2/c35-38-24-40-17-6-9-26(22-40)21-37-32(42)20-31(39-48(45,46)30-15-12-27-10-4-5-11-28(27)19-30)33(43)41(29-13-14-29)18-16-36-34(44)47-23-25-7-2-1-3-8-25;1-2(3)4/h1-5,7-8,10-12,15,19,24,26,29,31,39H,6,9,13-14,16-18,20-23,35H2,(H,36,44)(H,37,42);1H3,(H,3,4)/t26-,31-;/m0./s1. The summed E-state index contributed by atoms with van der Waals surface area (Å²) >= 11 is 0. The summed E-state index contributed by atoms with van der Waals surface area (Å²) in [7, 11) is -4.20. The summed E-state index contributed by atoms with van der Waals surface area (Å²) in [5.74, 6) is 3.64. The number of carboxylic acid groups (broad SMARTS) is 1. The zero-order valence-corrected chi connectivity index (χ0v) is 30.0. The van der Waals surface area contributed by atoms with Crippen LogP contribution in [0.5, 0.6) is 0 Å². The van der Waals surface area contributed by atoms with Gasteiger partial charge in [-0.2, -0.15) is 9.82 Å². The molecular weight excluding hydrogens is 691 g/mol. The van der Waals surface area contributed by atoms with Crippen LogP contribution in [-0.4, -0.2) is 98.3 Å². The van der Waals surface area contributed by atoms with Gasteiger partial charge in [-0.15, -0.1) is 0 Å². The Kier molecular flexibility index (Phi) is 14.8. The lowest BCUT2D eigenvalue weighted by molar-refractivity contribution is -0.136. The summed E-state index contributed by atoms with van der Waals surface area (Å²) in [4.78, 5) is 52.1. The minimum atomic E-state index is -4.20. The molecule has 1 aliphatic heterocycles. The number of hydrogen-bond acceptors (Lipinski definition) is 9. The molecule has 0 aromatic heterocycles. The molecule has 2 aliphatic rings. The van der Waals surface area contributed by atoms with Crippen molar-refractivity contribution in [2.45, 2.75) is 62.6 Å². The van der Waals surface area contributed by atoms with Crippen LogP contribution in [0, 0.1) is 5.92 Å². The molecule has 3 aromatic carbocycles. The van der Waals surface area contributed by atoms with E-state index < -0.39 is 39.9 Å².